The van der Waals surface area contributed by atoms with Crippen molar-refractivity contribution in [3.63, 3.8) is 0 Å². The van der Waals surface area contributed by atoms with Crippen molar-refractivity contribution in [1.29, 1.82) is 0 Å². The van der Waals surface area contributed by atoms with Gasteiger partial charge in [-0.2, -0.15) is 0 Å². The number of carbonyl (C=O) groups is 1. The van der Waals surface area contributed by atoms with Crippen LogP contribution in [0.4, 0.5) is 0 Å². The Hall–Kier alpha value is -4.27. The van der Waals surface area contributed by atoms with E-state index >= 15 is 0 Å². The molecule has 0 saturated heterocycles. The number of fused-ring (bicyclic) bond motifs is 2. The molecule has 0 unspecified atom stereocenters. The fourth-order valence-electron chi connectivity index (χ4n) is 5.92. The molecule has 0 radical (unpaired) electrons. The first-order valence-electron chi connectivity index (χ1n) is 16.0. The van der Waals surface area contributed by atoms with E-state index in [2.05, 4.69) is 54.9 Å². The van der Waals surface area contributed by atoms with E-state index in [4.69, 9.17) is 14.5 Å². The Kier molecular flexibility index (Phi) is 9.89. The summed E-state index contributed by atoms with van der Waals surface area (Å²) in [5.74, 6) is 0.587. The molecule has 1 aromatic heterocycles. The minimum atomic E-state index is -0.657. The molecule has 0 aliphatic carbocycles. The van der Waals surface area contributed by atoms with Crippen molar-refractivity contribution in [3.05, 3.63) is 143 Å². The molecule has 5 aromatic rings. The predicted octanol–water partition coefficient (Wildman–Crippen LogP) is 8.20. The summed E-state index contributed by atoms with van der Waals surface area (Å²) >= 11 is 4.83. The second kappa shape index (κ2) is 14.2. The fraction of sp³-hybridized carbons (Fsp3) is 0.256. The van der Waals surface area contributed by atoms with Gasteiger partial charge >= 0.3 is 5.97 Å². The lowest BCUT2D eigenvalue weighted by Gasteiger charge is -2.26. The summed E-state index contributed by atoms with van der Waals surface area (Å²) in [5.41, 5.74) is 4.76. The van der Waals surface area contributed by atoms with Gasteiger partial charge in [0.25, 0.3) is 5.56 Å². The van der Waals surface area contributed by atoms with E-state index in [1.165, 1.54) is 16.9 Å². The first-order valence-corrected chi connectivity index (χ1v) is 17.6. The molecule has 1 atom stereocenters. The summed E-state index contributed by atoms with van der Waals surface area (Å²) in [6.07, 6.45) is 3.30. The third-order valence-electron chi connectivity index (χ3n) is 8.32. The molecule has 0 spiro atoms. The van der Waals surface area contributed by atoms with E-state index in [1.54, 1.807) is 11.5 Å². The Morgan fingerprint density at radius 2 is 1.74 bits per heavy atom. The molecule has 6 nitrogen and oxygen atoms in total. The topological polar surface area (TPSA) is 69.9 Å². The van der Waals surface area contributed by atoms with Crippen LogP contribution in [0, 0.1) is 0 Å². The lowest BCUT2D eigenvalue weighted by atomic mass is 9.92. The summed E-state index contributed by atoms with van der Waals surface area (Å²) < 4.78 is 15.1. The molecule has 2 heterocycles. The number of hydrogen-bond donors (Lipinski definition) is 0. The maximum atomic E-state index is 14.5. The number of thiazole rings is 1. The number of halogens is 1. The lowest BCUT2D eigenvalue weighted by Crippen LogP contribution is -2.40. The summed E-state index contributed by atoms with van der Waals surface area (Å²) in [6.45, 7) is 8.75. The number of aromatic nitrogens is 1. The first-order chi connectivity index (χ1) is 22.8. The molecule has 0 fully saturated rings. The van der Waals surface area contributed by atoms with Crippen molar-refractivity contribution in [3.8, 4) is 5.75 Å². The minimum Gasteiger partial charge on any atom is -0.488 e. The molecular weight excluding hydrogens is 672 g/mol. The van der Waals surface area contributed by atoms with Gasteiger partial charge in [0.15, 0.2) is 4.80 Å². The predicted molar refractivity (Wildman–Crippen MR) is 193 cm³/mol. The van der Waals surface area contributed by atoms with E-state index in [9.17, 15) is 9.59 Å². The monoisotopic (exact) mass is 708 g/mol. The van der Waals surface area contributed by atoms with Crippen molar-refractivity contribution in [1.82, 2.24) is 4.57 Å². The smallest absolute Gasteiger partial charge is 0.338 e. The van der Waals surface area contributed by atoms with E-state index in [1.807, 2.05) is 72.8 Å². The third kappa shape index (κ3) is 6.76. The number of esters is 1. The molecule has 0 bridgehead atoms. The Bertz CT molecular complexity index is 2140. The minimum absolute atomic E-state index is 0.212. The summed E-state index contributed by atoms with van der Waals surface area (Å²) in [5, 5.41) is 2.02. The highest BCUT2D eigenvalue weighted by Gasteiger charge is 2.34. The molecule has 0 amide bonds. The average molecular weight is 710 g/mol. The molecule has 0 N–H and O–H groups in total. The number of benzene rings is 4. The van der Waals surface area contributed by atoms with Crippen LogP contribution in [-0.4, -0.2) is 17.1 Å². The second-order valence-electron chi connectivity index (χ2n) is 11.8. The zero-order valence-electron chi connectivity index (χ0n) is 27.0. The van der Waals surface area contributed by atoms with Crippen LogP contribution < -0.4 is 19.6 Å². The van der Waals surface area contributed by atoms with E-state index < -0.39 is 12.0 Å². The number of hydrogen-bond acceptors (Lipinski definition) is 6. The van der Waals surface area contributed by atoms with Gasteiger partial charge in [0.2, 0.25) is 0 Å². The normalized spacial score (nSPS) is 14.8. The molecule has 4 aromatic carbocycles. The van der Waals surface area contributed by atoms with Crippen molar-refractivity contribution in [2.75, 3.05) is 6.61 Å². The van der Waals surface area contributed by atoms with Crippen LogP contribution in [0.15, 0.2) is 110 Å². The number of rotatable bonds is 10. The van der Waals surface area contributed by atoms with Gasteiger partial charge in [0.05, 0.1) is 28.5 Å². The zero-order chi connectivity index (χ0) is 33.1. The number of allylic oxidation sites excluding steroid dienone is 1. The molecule has 1 aliphatic rings. The van der Waals surface area contributed by atoms with Gasteiger partial charge in [0.1, 0.15) is 12.4 Å². The largest absolute Gasteiger partial charge is 0.488 e. The molecular formula is C39H37BrN2O4S. The van der Waals surface area contributed by atoms with Gasteiger partial charge in [0, 0.05) is 10.0 Å². The quantitative estimate of drug-likeness (QED) is 0.137. The highest BCUT2D eigenvalue weighted by molar-refractivity contribution is 9.10. The maximum Gasteiger partial charge on any atom is 0.338 e. The van der Waals surface area contributed by atoms with Crippen molar-refractivity contribution in [2.45, 2.75) is 59.1 Å². The van der Waals surface area contributed by atoms with Crippen molar-refractivity contribution in [2.24, 2.45) is 4.99 Å². The summed E-state index contributed by atoms with van der Waals surface area (Å²) in [7, 11) is 0. The van der Waals surface area contributed by atoms with Gasteiger partial charge in [-0.25, -0.2) is 9.79 Å². The van der Waals surface area contributed by atoms with E-state index in [-0.39, 0.29) is 12.2 Å². The van der Waals surface area contributed by atoms with Gasteiger partial charge in [-0.15, -0.1) is 0 Å². The van der Waals surface area contributed by atoms with Crippen LogP contribution in [0.3, 0.4) is 0 Å². The summed E-state index contributed by atoms with van der Waals surface area (Å²) in [6, 6.07) is 27.6. The highest BCUT2D eigenvalue weighted by atomic mass is 79.9. The highest BCUT2D eigenvalue weighted by Crippen LogP contribution is 2.34. The maximum absolute atomic E-state index is 14.5. The third-order valence-corrected chi connectivity index (χ3v) is 9.84. The van der Waals surface area contributed by atoms with Crippen LogP contribution in [0.1, 0.15) is 74.8 Å². The molecule has 240 valence electrons. The van der Waals surface area contributed by atoms with Crippen molar-refractivity contribution < 1.29 is 14.3 Å². The Balaban J connectivity index is 1.54. The average Bonchev–Trinajstić information content (AvgIpc) is 3.38. The van der Waals surface area contributed by atoms with Gasteiger partial charge in [-0.3, -0.25) is 9.36 Å². The molecule has 8 heteroatoms. The van der Waals surface area contributed by atoms with Crippen LogP contribution in [0.5, 0.6) is 5.75 Å². The zero-order valence-corrected chi connectivity index (χ0v) is 29.4. The molecule has 47 heavy (non-hydrogen) atoms. The van der Waals surface area contributed by atoms with Crippen LogP contribution in [-0.2, 0) is 16.1 Å². The number of carbonyl (C=O) groups excluding carboxylic acids is 1. The van der Waals surface area contributed by atoms with Gasteiger partial charge < -0.3 is 9.47 Å². The number of nitrogens with zero attached hydrogens (tertiary/aromatic N) is 2. The van der Waals surface area contributed by atoms with Crippen LogP contribution in [0.25, 0.3) is 16.8 Å². The first kappa shape index (κ1) is 32.7. The van der Waals surface area contributed by atoms with Gasteiger partial charge in [-0.05, 0) is 71.0 Å². The Morgan fingerprint density at radius 3 is 2.45 bits per heavy atom. The van der Waals surface area contributed by atoms with Crippen LogP contribution >= 0.6 is 27.3 Å². The second-order valence-corrected chi connectivity index (χ2v) is 13.8. The molecule has 6 rings (SSSR count). The Labute approximate surface area is 286 Å². The Morgan fingerprint density at radius 1 is 1.00 bits per heavy atom. The number of ether oxygens (including phenoxy) is 2. The van der Waals surface area contributed by atoms with Crippen molar-refractivity contribution >= 4 is 50.1 Å². The summed E-state index contributed by atoms with van der Waals surface area (Å²) in [4.78, 5) is 33.6. The van der Waals surface area contributed by atoms with Gasteiger partial charge in [-0.1, -0.05) is 121 Å². The van der Waals surface area contributed by atoms with Crippen LogP contribution in [0.2, 0.25) is 0 Å². The lowest BCUT2D eigenvalue weighted by molar-refractivity contribution is -0.139. The fourth-order valence-corrected chi connectivity index (χ4v) is 7.19. The molecule has 1 aliphatic heterocycles. The van der Waals surface area contributed by atoms with E-state index in [0.29, 0.717) is 45.3 Å². The standard InChI is InChI=1S/C39H37BrN2O4S/c1-5-9-32-35(38(44)45-6-2)36(28-16-14-26(15-17-28)24(3)4)42-37(43)34(47-39(42)41-32)22-31-30-11-8-7-10-27(30)18-21-33(31)46-23-25-12-19-29(40)20-13-25/h7-8,10-22,24,36H,5-6,9,23H2,1-4H3/b34-22-/t36-/m0/s1. The SMILES string of the molecule is CCCC1=C(C(=O)OCC)[C@H](c2ccc(C(C)C)cc2)n2c(s/c(=C\c3c(OCc4ccc(Br)cc4)ccc4ccccc34)c2=O)=N1. The molecule has 0 saturated carbocycles. The van der Waals surface area contributed by atoms with E-state index in [0.717, 1.165) is 38.4 Å².